The smallest absolute Gasteiger partial charge is 0.260 e. The molecule has 0 bridgehead atoms. The predicted molar refractivity (Wildman–Crippen MR) is 136 cm³/mol. The molecule has 0 saturated heterocycles. The van der Waals surface area contributed by atoms with Crippen molar-refractivity contribution in [1.82, 2.24) is 4.57 Å². The fraction of sp³-hybridized carbons (Fsp3) is 0.185. The number of methoxy groups -OCH3 is 2. The molecule has 3 aromatic carbocycles. The number of rotatable bonds is 7. The van der Waals surface area contributed by atoms with Gasteiger partial charge < -0.3 is 20.5 Å². The highest BCUT2D eigenvalue weighted by molar-refractivity contribution is 6.08. The van der Waals surface area contributed by atoms with Crippen LogP contribution in [-0.4, -0.2) is 31.3 Å². The number of hydrogen-bond donors (Lipinski definition) is 2. The molecule has 0 atom stereocenters. The van der Waals surface area contributed by atoms with Crippen molar-refractivity contribution in [3.63, 3.8) is 0 Å². The summed E-state index contributed by atoms with van der Waals surface area (Å²) in [5, 5.41) is 4.05. The topological polar surface area (TPSA) is 95.6 Å². The average Bonchev–Trinajstić information content (AvgIpc) is 2.85. The number of nitrogens with zero attached hydrogens (tertiary/aromatic N) is 1. The molecule has 0 spiro atoms. The van der Waals surface area contributed by atoms with E-state index in [9.17, 15) is 9.59 Å². The zero-order valence-corrected chi connectivity index (χ0v) is 19.4. The molecule has 3 N–H and O–H groups in total. The molecule has 7 nitrogen and oxygen atoms in total. The zero-order chi connectivity index (χ0) is 24.2. The van der Waals surface area contributed by atoms with E-state index >= 15 is 0 Å². The Balaban J connectivity index is 1.85. The van der Waals surface area contributed by atoms with Crippen LogP contribution in [0.5, 0.6) is 5.75 Å². The number of ether oxygens (including phenoxy) is 2. The van der Waals surface area contributed by atoms with Crippen LogP contribution < -0.4 is 21.3 Å². The molecule has 0 fully saturated rings. The van der Waals surface area contributed by atoms with E-state index in [4.69, 9.17) is 15.2 Å². The molecular weight excluding hydrogens is 430 g/mol. The van der Waals surface area contributed by atoms with Crippen molar-refractivity contribution >= 4 is 28.2 Å². The molecule has 1 heterocycles. The Morgan fingerprint density at radius 3 is 2.44 bits per heavy atom. The number of nitrogen functional groups attached to an aromatic ring is 1. The standard InChI is InChI=1S/C27H27N3O4/c1-17-8-10-18(11-9-17)24-20-13-12-19(29-26(31)21-6-4-5-7-23(21)34-3)16-22(20)27(32)30(25(24)28)14-15-33-2/h4-13,16H,14-15,28H2,1-3H3,(H,29,31). The van der Waals surface area contributed by atoms with Crippen LogP contribution in [0.4, 0.5) is 11.5 Å². The molecule has 34 heavy (non-hydrogen) atoms. The first-order chi connectivity index (χ1) is 16.4. The van der Waals surface area contributed by atoms with Gasteiger partial charge in [0, 0.05) is 23.7 Å². The second-order valence-corrected chi connectivity index (χ2v) is 7.99. The lowest BCUT2D eigenvalue weighted by molar-refractivity contribution is 0.102. The molecule has 4 rings (SSSR count). The van der Waals surface area contributed by atoms with Gasteiger partial charge in [0.15, 0.2) is 0 Å². The fourth-order valence-electron chi connectivity index (χ4n) is 4.00. The van der Waals surface area contributed by atoms with Crippen LogP contribution in [0.1, 0.15) is 15.9 Å². The van der Waals surface area contributed by atoms with Gasteiger partial charge in [-0.15, -0.1) is 0 Å². The van der Waals surface area contributed by atoms with E-state index in [-0.39, 0.29) is 11.5 Å². The molecule has 4 aromatic rings. The monoisotopic (exact) mass is 457 g/mol. The molecule has 0 radical (unpaired) electrons. The minimum Gasteiger partial charge on any atom is -0.496 e. The number of carbonyl (C=O) groups is 1. The molecule has 0 saturated carbocycles. The summed E-state index contributed by atoms with van der Waals surface area (Å²) in [6.45, 7) is 2.67. The van der Waals surface area contributed by atoms with Gasteiger partial charge in [-0.05, 0) is 42.1 Å². The van der Waals surface area contributed by atoms with Crippen molar-refractivity contribution in [3.05, 3.63) is 88.2 Å². The molecule has 7 heteroatoms. The van der Waals surface area contributed by atoms with Crippen LogP contribution in [0.3, 0.4) is 0 Å². The lowest BCUT2D eigenvalue weighted by atomic mass is 9.98. The van der Waals surface area contributed by atoms with Gasteiger partial charge in [-0.25, -0.2) is 0 Å². The number of aryl methyl sites for hydroxylation is 1. The number of hydrogen-bond acceptors (Lipinski definition) is 5. The maximum atomic E-state index is 13.4. The number of para-hydroxylation sites is 1. The molecular formula is C27H27N3O4. The zero-order valence-electron chi connectivity index (χ0n) is 19.4. The van der Waals surface area contributed by atoms with Crippen LogP contribution in [-0.2, 0) is 11.3 Å². The van der Waals surface area contributed by atoms with Crippen LogP contribution in [0.15, 0.2) is 71.5 Å². The average molecular weight is 458 g/mol. The number of nitrogens with one attached hydrogen (secondary N) is 1. The first kappa shape index (κ1) is 23.1. The summed E-state index contributed by atoms with van der Waals surface area (Å²) in [5.41, 5.74) is 9.98. The molecule has 0 unspecified atom stereocenters. The van der Waals surface area contributed by atoms with Gasteiger partial charge in [-0.3, -0.25) is 14.2 Å². The first-order valence-corrected chi connectivity index (χ1v) is 10.9. The van der Waals surface area contributed by atoms with E-state index in [2.05, 4.69) is 5.32 Å². The lowest BCUT2D eigenvalue weighted by Gasteiger charge is -2.18. The number of nitrogens with two attached hydrogens (primary N) is 1. The number of benzene rings is 3. The molecule has 0 aliphatic heterocycles. The van der Waals surface area contributed by atoms with E-state index in [1.165, 1.54) is 11.7 Å². The Bertz CT molecular complexity index is 1410. The third-order valence-electron chi connectivity index (χ3n) is 5.78. The molecule has 0 aliphatic carbocycles. The minimum atomic E-state index is -0.328. The predicted octanol–water partition coefficient (Wildman–Crippen LogP) is 4.47. The maximum absolute atomic E-state index is 13.4. The van der Waals surface area contributed by atoms with Crippen molar-refractivity contribution in [3.8, 4) is 16.9 Å². The Kier molecular flexibility index (Phi) is 6.65. The maximum Gasteiger partial charge on any atom is 0.260 e. The second kappa shape index (κ2) is 9.80. The number of anilines is 2. The van der Waals surface area contributed by atoms with Gasteiger partial charge >= 0.3 is 0 Å². The number of amides is 1. The summed E-state index contributed by atoms with van der Waals surface area (Å²) >= 11 is 0. The number of carbonyl (C=O) groups excluding carboxylic acids is 1. The summed E-state index contributed by atoms with van der Waals surface area (Å²) in [5.74, 6) is 0.520. The minimum absolute atomic E-state index is 0.242. The van der Waals surface area contributed by atoms with Crippen molar-refractivity contribution < 1.29 is 14.3 Å². The molecule has 1 aromatic heterocycles. The highest BCUT2D eigenvalue weighted by Gasteiger charge is 2.18. The molecule has 1 amide bonds. The van der Waals surface area contributed by atoms with Crippen molar-refractivity contribution in [1.29, 1.82) is 0 Å². The Hall–Kier alpha value is -4.10. The van der Waals surface area contributed by atoms with Crippen LogP contribution >= 0.6 is 0 Å². The van der Waals surface area contributed by atoms with Gasteiger partial charge in [0.05, 0.1) is 25.8 Å². The number of pyridine rings is 1. The summed E-state index contributed by atoms with van der Waals surface area (Å²) in [4.78, 5) is 26.3. The van der Waals surface area contributed by atoms with Crippen molar-refractivity contribution in [2.24, 2.45) is 0 Å². The van der Waals surface area contributed by atoms with Crippen LogP contribution in [0.2, 0.25) is 0 Å². The summed E-state index contributed by atoms with van der Waals surface area (Å²) in [6, 6.07) is 20.2. The van der Waals surface area contributed by atoms with Gasteiger partial charge in [0.1, 0.15) is 11.6 Å². The Labute approximate surface area is 197 Å². The van der Waals surface area contributed by atoms with Crippen LogP contribution in [0, 0.1) is 6.92 Å². The summed E-state index contributed by atoms with van der Waals surface area (Å²) in [6.07, 6.45) is 0. The second-order valence-electron chi connectivity index (χ2n) is 7.99. The molecule has 174 valence electrons. The van der Waals surface area contributed by atoms with Crippen LogP contribution in [0.25, 0.3) is 21.9 Å². The van der Waals surface area contributed by atoms with E-state index < -0.39 is 0 Å². The highest BCUT2D eigenvalue weighted by Crippen LogP contribution is 2.34. The van der Waals surface area contributed by atoms with E-state index in [1.807, 2.05) is 37.3 Å². The third-order valence-corrected chi connectivity index (χ3v) is 5.78. The third kappa shape index (κ3) is 4.38. The summed E-state index contributed by atoms with van der Waals surface area (Å²) < 4.78 is 12.0. The van der Waals surface area contributed by atoms with Gasteiger partial charge in [-0.2, -0.15) is 0 Å². The molecule has 0 aliphatic rings. The van der Waals surface area contributed by atoms with E-state index in [0.29, 0.717) is 41.4 Å². The normalized spacial score (nSPS) is 10.9. The lowest BCUT2D eigenvalue weighted by Crippen LogP contribution is -2.26. The fourth-order valence-corrected chi connectivity index (χ4v) is 4.00. The van der Waals surface area contributed by atoms with Crippen molar-refractivity contribution in [2.75, 3.05) is 31.9 Å². The largest absolute Gasteiger partial charge is 0.496 e. The SMILES string of the molecule is COCCn1c(N)c(-c2ccc(C)cc2)c2ccc(NC(=O)c3ccccc3OC)cc2c1=O. The number of aromatic nitrogens is 1. The highest BCUT2D eigenvalue weighted by atomic mass is 16.5. The summed E-state index contributed by atoms with van der Waals surface area (Å²) in [7, 11) is 3.09. The number of fused-ring (bicyclic) bond motifs is 1. The van der Waals surface area contributed by atoms with Gasteiger partial charge in [0.25, 0.3) is 11.5 Å². The quantitative estimate of drug-likeness (QED) is 0.427. The first-order valence-electron chi connectivity index (χ1n) is 10.9. The Morgan fingerprint density at radius 2 is 1.74 bits per heavy atom. The Morgan fingerprint density at radius 1 is 1.00 bits per heavy atom. The van der Waals surface area contributed by atoms with E-state index in [1.54, 1.807) is 43.5 Å². The van der Waals surface area contributed by atoms with E-state index in [0.717, 1.165) is 22.1 Å². The van der Waals surface area contributed by atoms with Gasteiger partial charge in [-0.1, -0.05) is 48.0 Å². The van der Waals surface area contributed by atoms with Gasteiger partial charge in [0.2, 0.25) is 0 Å². The van der Waals surface area contributed by atoms with Crippen molar-refractivity contribution in [2.45, 2.75) is 13.5 Å².